The predicted molar refractivity (Wildman–Crippen MR) is 103 cm³/mol. The fraction of sp³-hybridized carbons (Fsp3) is 0.733. The van der Waals surface area contributed by atoms with Crippen molar-refractivity contribution in [2.24, 2.45) is 11.1 Å². The number of thiazole rings is 1. The number of nitrogens with zero attached hydrogens (tertiary/aromatic N) is 2. The number of hydrogen-bond donors (Lipinski definition) is 2. The number of carbonyl (C=O) groups excluding carboxylic acids is 1. The van der Waals surface area contributed by atoms with Crippen LogP contribution in [0, 0.1) is 5.41 Å². The van der Waals surface area contributed by atoms with E-state index in [9.17, 15) is 4.79 Å². The van der Waals surface area contributed by atoms with Crippen molar-refractivity contribution in [2.45, 2.75) is 39.7 Å². The maximum Gasteiger partial charge on any atom is 0.270 e. The minimum Gasteiger partial charge on any atom is -0.347 e. The zero-order valence-electron chi connectivity index (χ0n) is 14.6. The maximum atomic E-state index is 12.4. The molecule has 0 bridgehead atoms. The smallest absolute Gasteiger partial charge is 0.270 e. The molecule has 23 heavy (non-hydrogen) atoms. The van der Waals surface area contributed by atoms with Gasteiger partial charge in [-0.15, -0.1) is 36.2 Å². The van der Waals surface area contributed by atoms with Crippen molar-refractivity contribution in [1.29, 1.82) is 0 Å². The van der Waals surface area contributed by atoms with Crippen molar-refractivity contribution in [3.05, 3.63) is 16.1 Å². The molecule has 1 aromatic rings. The number of amides is 1. The highest BCUT2D eigenvalue weighted by Crippen LogP contribution is 2.22. The quantitative estimate of drug-likeness (QED) is 0.757. The van der Waals surface area contributed by atoms with Crippen LogP contribution in [-0.4, -0.2) is 49.0 Å². The highest BCUT2D eigenvalue weighted by molar-refractivity contribution is 7.09. The number of nitrogens with two attached hydrogens (primary N) is 1. The van der Waals surface area contributed by atoms with Gasteiger partial charge in [0.15, 0.2) is 0 Å². The van der Waals surface area contributed by atoms with E-state index in [1.165, 1.54) is 11.3 Å². The molecule has 1 rings (SSSR count). The maximum absolute atomic E-state index is 12.4. The first-order valence-electron chi connectivity index (χ1n) is 7.34. The highest BCUT2D eigenvalue weighted by atomic mass is 35.5. The lowest BCUT2D eigenvalue weighted by atomic mass is 9.84. The summed E-state index contributed by atoms with van der Waals surface area (Å²) in [6.45, 7) is 7.94. The second-order valence-corrected chi connectivity index (χ2v) is 7.59. The van der Waals surface area contributed by atoms with Crippen LogP contribution in [0.1, 0.15) is 42.7 Å². The van der Waals surface area contributed by atoms with Crippen LogP contribution < -0.4 is 11.1 Å². The Hall–Kier alpha value is -0.400. The molecule has 1 amide bonds. The fourth-order valence-electron chi connectivity index (χ4n) is 1.99. The first-order chi connectivity index (χ1) is 9.74. The topological polar surface area (TPSA) is 71.2 Å². The van der Waals surface area contributed by atoms with Gasteiger partial charge in [0, 0.05) is 17.8 Å². The van der Waals surface area contributed by atoms with Crippen LogP contribution in [0.4, 0.5) is 0 Å². The molecule has 0 aliphatic carbocycles. The molecule has 3 N–H and O–H groups in total. The standard InChI is InChI=1S/C15H28N4OS.2ClH/c1-15(2,3)12(7-9-19(4)5)18-14(20)11-10-21-13(17-11)6-8-16;;/h10,12H,6-9,16H2,1-5H3,(H,18,20);2*1H. The minimum atomic E-state index is -0.0896. The Labute approximate surface area is 156 Å². The summed E-state index contributed by atoms with van der Waals surface area (Å²) in [5.41, 5.74) is 6.03. The average molecular weight is 385 g/mol. The zero-order chi connectivity index (χ0) is 16.0. The molecule has 5 nitrogen and oxygen atoms in total. The molecule has 0 spiro atoms. The first-order valence-corrected chi connectivity index (χ1v) is 8.22. The van der Waals surface area contributed by atoms with Crippen LogP contribution in [0.15, 0.2) is 5.38 Å². The van der Waals surface area contributed by atoms with Crippen LogP contribution in [-0.2, 0) is 6.42 Å². The Kier molecular flexibility index (Phi) is 12.1. The normalized spacial score (nSPS) is 12.3. The summed E-state index contributed by atoms with van der Waals surface area (Å²) >= 11 is 1.50. The number of carbonyl (C=O) groups is 1. The third-order valence-electron chi connectivity index (χ3n) is 3.36. The molecule has 1 unspecified atom stereocenters. The Bertz CT molecular complexity index is 461. The summed E-state index contributed by atoms with van der Waals surface area (Å²) in [6.07, 6.45) is 1.64. The Morgan fingerprint density at radius 1 is 1.39 bits per heavy atom. The molecular weight excluding hydrogens is 355 g/mol. The molecule has 0 aromatic carbocycles. The number of halogens is 2. The molecular formula is C15H30Cl2N4OS. The van der Waals surface area contributed by atoms with Gasteiger partial charge in [-0.25, -0.2) is 4.98 Å². The van der Waals surface area contributed by atoms with Gasteiger partial charge >= 0.3 is 0 Å². The lowest BCUT2D eigenvalue weighted by Crippen LogP contribution is -2.45. The van der Waals surface area contributed by atoms with Gasteiger partial charge in [0.05, 0.1) is 5.01 Å². The summed E-state index contributed by atoms with van der Waals surface area (Å²) in [5.74, 6) is -0.0896. The third-order valence-corrected chi connectivity index (χ3v) is 4.27. The number of aromatic nitrogens is 1. The summed E-state index contributed by atoms with van der Waals surface area (Å²) in [6, 6.07) is 0.118. The van der Waals surface area contributed by atoms with Gasteiger partial charge in [0.2, 0.25) is 0 Å². The van der Waals surface area contributed by atoms with Gasteiger partial charge in [-0.1, -0.05) is 20.8 Å². The minimum absolute atomic E-state index is 0. The monoisotopic (exact) mass is 384 g/mol. The fourth-order valence-corrected chi connectivity index (χ4v) is 2.79. The van der Waals surface area contributed by atoms with Crippen molar-refractivity contribution in [3.8, 4) is 0 Å². The van der Waals surface area contributed by atoms with E-state index >= 15 is 0 Å². The van der Waals surface area contributed by atoms with E-state index in [0.29, 0.717) is 12.2 Å². The molecule has 8 heteroatoms. The molecule has 0 aliphatic heterocycles. The average Bonchev–Trinajstić information content (AvgIpc) is 2.81. The third kappa shape index (κ3) is 8.86. The molecule has 136 valence electrons. The second kappa shape index (κ2) is 11.2. The van der Waals surface area contributed by atoms with Gasteiger partial charge in [-0.3, -0.25) is 4.79 Å². The van der Waals surface area contributed by atoms with Crippen molar-refractivity contribution in [3.63, 3.8) is 0 Å². The zero-order valence-corrected chi connectivity index (χ0v) is 17.0. The lowest BCUT2D eigenvalue weighted by Gasteiger charge is -2.32. The number of rotatable bonds is 7. The lowest BCUT2D eigenvalue weighted by molar-refractivity contribution is 0.0888. The molecule has 1 heterocycles. The Balaban J connectivity index is 0. The van der Waals surface area contributed by atoms with Crippen molar-refractivity contribution in [2.75, 3.05) is 27.2 Å². The molecule has 0 radical (unpaired) electrons. The summed E-state index contributed by atoms with van der Waals surface area (Å²) in [5, 5.41) is 5.86. The van der Waals surface area contributed by atoms with Crippen molar-refractivity contribution >= 4 is 42.1 Å². The van der Waals surface area contributed by atoms with Gasteiger partial charge in [0.25, 0.3) is 5.91 Å². The molecule has 1 aromatic heterocycles. The van der Waals surface area contributed by atoms with Crippen LogP contribution in [0.5, 0.6) is 0 Å². The summed E-state index contributed by atoms with van der Waals surface area (Å²) in [4.78, 5) is 18.8. The van der Waals surface area contributed by atoms with E-state index in [-0.39, 0.29) is 42.2 Å². The second-order valence-electron chi connectivity index (χ2n) is 6.65. The number of nitrogens with one attached hydrogen (secondary N) is 1. The van der Waals surface area contributed by atoms with Crippen LogP contribution in [0.3, 0.4) is 0 Å². The summed E-state index contributed by atoms with van der Waals surface area (Å²) in [7, 11) is 4.09. The van der Waals surface area contributed by atoms with Crippen LogP contribution >= 0.6 is 36.2 Å². The number of hydrogen-bond acceptors (Lipinski definition) is 5. The van der Waals surface area contributed by atoms with E-state index in [1.807, 2.05) is 19.5 Å². The Morgan fingerprint density at radius 3 is 2.48 bits per heavy atom. The Morgan fingerprint density at radius 2 is 2.00 bits per heavy atom. The molecule has 0 saturated carbocycles. The molecule has 1 atom stereocenters. The van der Waals surface area contributed by atoms with Crippen LogP contribution in [0.2, 0.25) is 0 Å². The van der Waals surface area contributed by atoms with Gasteiger partial charge in [-0.05, 0) is 39.0 Å². The van der Waals surface area contributed by atoms with Gasteiger partial charge < -0.3 is 16.0 Å². The van der Waals surface area contributed by atoms with E-state index < -0.39 is 0 Å². The van der Waals surface area contributed by atoms with E-state index in [4.69, 9.17) is 5.73 Å². The molecule has 0 saturated heterocycles. The SMILES string of the molecule is CN(C)CCC(NC(=O)c1csc(CCN)n1)C(C)(C)C.Cl.Cl. The molecule has 0 aliphatic rings. The predicted octanol–water partition coefficient (Wildman–Crippen LogP) is 2.58. The first kappa shape index (κ1) is 24.8. The van der Waals surface area contributed by atoms with Gasteiger partial charge in [0.1, 0.15) is 5.69 Å². The van der Waals surface area contributed by atoms with Crippen molar-refractivity contribution in [1.82, 2.24) is 15.2 Å². The van der Waals surface area contributed by atoms with E-state index in [2.05, 4.69) is 36.0 Å². The molecule has 0 fully saturated rings. The van der Waals surface area contributed by atoms with E-state index in [1.54, 1.807) is 0 Å². The highest BCUT2D eigenvalue weighted by Gasteiger charge is 2.27. The van der Waals surface area contributed by atoms with Crippen LogP contribution in [0.25, 0.3) is 0 Å². The van der Waals surface area contributed by atoms with Crippen molar-refractivity contribution < 1.29 is 4.79 Å². The van der Waals surface area contributed by atoms with Gasteiger partial charge in [-0.2, -0.15) is 0 Å². The summed E-state index contributed by atoms with van der Waals surface area (Å²) < 4.78 is 0. The largest absolute Gasteiger partial charge is 0.347 e. The van der Waals surface area contributed by atoms with E-state index in [0.717, 1.165) is 24.4 Å².